The zero-order chi connectivity index (χ0) is 9.61. The van der Waals surface area contributed by atoms with Crippen molar-refractivity contribution < 1.29 is 14.0 Å². The van der Waals surface area contributed by atoms with Crippen LogP contribution in [0, 0.1) is 0 Å². The van der Waals surface area contributed by atoms with Crippen molar-refractivity contribution in [3.8, 4) is 0 Å². The van der Waals surface area contributed by atoms with E-state index in [0.717, 1.165) is 0 Å². The van der Waals surface area contributed by atoms with E-state index in [1.54, 1.807) is 0 Å². The number of hydrogen-bond acceptors (Lipinski definition) is 2. The smallest absolute Gasteiger partial charge is 0.133 e. The van der Waals surface area contributed by atoms with E-state index in [1.807, 2.05) is 0 Å². The molecule has 0 aliphatic carbocycles. The summed E-state index contributed by atoms with van der Waals surface area (Å²) in [5, 5.41) is -1.17. The van der Waals surface area contributed by atoms with Crippen LogP contribution < -0.4 is 0 Å². The van der Waals surface area contributed by atoms with Gasteiger partial charge in [0.15, 0.2) is 0 Å². The Morgan fingerprint density at radius 1 is 1.50 bits per heavy atom. The molecule has 0 saturated heterocycles. The third-order valence-electron chi connectivity index (χ3n) is 1.14. The Morgan fingerprint density at radius 2 is 1.92 bits per heavy atom. The topological polar surface area (TPSA) is 46.5 Å². The minimum atomic E-state index is -2.69. The van der Waals surface area contributed by atoms with Gasteiger partial charge in [-0.1, -0.05) is 28.3 Å². The molecule has 68 valence electrons. The summed E-state index contributed by atoms with van der Waals surface area (Å²) in [6.45, 7) is 6.92. The molecule has 0 heterocycles. The Kier molecular flexibility index (Phi) is 5.34. The SMILES string of the molecule is C=CCC(Cl)(CC=C)O[P+](=O)O. The molecule has 0 aromatic heterocycles. The number of halogens is 1. The molecule has 0 aliphatic heterocycles. The summed E-state index contributed by atoms with van der Waals surface area (Å²) in [6.07, 6.45) is 3.63. The summed E-state index contributed by atoms with van der Waals surface area (Å²) in [5.74, 6) is 0. The van der Waals surface area contributed by atoms with Gasteiger partial charge in [-0.15, -0.1) is 18.1 Å². The number of rotatable bonds is 6. The van der Waals surface area contributed by atoms with Crippen LogP contribution in [0.2, 0.25) is 0 Å². The van der Waals surface area contributed by atoms with Gasteiger partial charge in [0, 0.05) is 17.4 Å². The average Bonchev–Trinajstić information content (AvgIpc) is 1.85. The lowest BCUT2D eigenvalue weighted by Crippen LogP contribution is -2.20. The Labute approximate surface area is 77.6 Å². The van der Waals surface area contributed by atoms with Gasteiger partial charge in [0.2, 0.25) is 5.06 Å². The average molecular weight is 210 g/mol. The van der Waals surface area contributed by atoms with Gasteiger partial charge in [-0.3, -0.25) is 0 Å². The molecule has 0 bridgehead atoms. The van der Waals surface area contributed by atoms with Gasteiger partial charge in [-0.05, 0) is 0 Å². The predicted molar refractivity (Wildman–Crippen MR) is 49.1 cm³/mol. The Bertz CT molecular complexity index is 183. The van der Waals surface area contributed by atoms with E-state index in [4.69, 9.17) is 16.5 Å². The van der Waals surface area contributed by atoms with Crippen molar-refractivity contribution in [2.24, 2.45) is 0 Å². The highest BCUT2D eigenvalue weighted by Gasteiger charge is 2.36. The van der Waals surface area contributed by atoms with E-state index in [0.29, 0.717) is 12.8 Å². The van der Waals surface area contributed by atoms with Crippen molar-refractivity contribution in [1.29, 1.82) is 0 Å². The van der Waals surface area contributed by atoms with Crippen LogP contribution in [0.3, 0.4) is 0 Å². The molecule has 0 fully saturated rings. The van der Waals surface area contributed by atoms with Gasteiger partial charge in [-0.2, -0.15) is 0 Å². The normalized spacial score (nSPS) is 12.3. The van der Waals surface area contributed by atoms with Crippen LogP contribution in [-0.2, 0) is 9.09 Å². The highest BCUT2D eigenvalue weighted by molar-refractivity contribution is 7.32. The van der Waals surface area contributed by atoms with Gasteiger partial charge >= 0.3 is 8.25 Å². The molecule has 0 rings (SSSR count). The molecule has 1 unspecified atom stereocenters. The molecule has 0 spiro atoms. The van der Waals surface area contributed by atoms with E-state index >= 15 is 0 Å². The third kappa shape index (κ3) is 4.62. The second-order valence-electron chi connectivity index (χ2n) is 2.20. The van der Waals surface area contributed by atoms with E-state index < -0.39 is 13.3 Å². The fourth-order valence-electron chi connectivity index (χ4n) is 0.729. The molecule has 0 amide bonds. The highest BCUT2D eigenvalue weighted by atomic mass is 35.5. The maximum atomic E-state index is 10.3. The predicted octanol–water partition coefficient (Wildman–Crippen LogP) is 2.74. The Balaban J connectivity index is 4.25. The molecule has 0 aromatic carbocycles. The highest BCUT2D eigenvalue weighted by Crippen LogP contribution is 2.35. The summed E-state index contributed by atoms with van der Waals surface area (Å²) < 4.78 is 14.9. The van der Waals surface area contributed by atoms with Crippen LogP contribution in [-0.4, -0.2) is 9.95 Å². The van der Waals surface area contributed by atoms with Gasteiger partial charge in [0.1, 0.15) is 0 Å². The first kappa shape index (κ1) is 11.8. The van der Waals surface area contributed by atoms with Crippen LogP contribution in [0.4, 0.5) is 0 Å². The molecule has 0 radical (unpaired) electrons. The van der Waals surface area contributed by atoms with Crippen molar-refractivity contribution >= 4 is 19.9 Å². The quantitative estimate of drug-likeness (QED) is 0.416. The molecule has 1 atom stereocenters. The minimum Gasteiger partial charge on any atom is -0.133 e. The fraction of sp³-hybridized carbons (Fsp3) is 0.429. The molecule has 0 aromatic rings. The van der Waals surface area contributed by atoms with Gasteiger partial charge in [0.05, 0.1) is 0 Å². The first-order chi connectivity index (χ1) is 5.54. The van der Waals surface area contributed by atoms with Crippen molar-refractivity contribution in [3.05, 3.63) is 25.3 Å². The molecule has 3 nitrogen and oxygen atoms in total. The van der Waals surface area contributed by atoms with E-state index in [9.17, 15) is 4.57 Å². The third-order valence-corrected chi connectivity index (χ3v) is 2.14. The summed E-state index contributed by atoms with van der Waals surface area (Å²) in [7, 11) is -2.69. The van der Waals surface area contributed by atoms with Crippen LogP contribution in [0.15, 0.2) is 25.3 Å². The first-order valence-electron chi connectivity index (χ1n) is 3.30. The Hall–Kier alpha value is -0.210. The van der Waals surface area contributed by atoms with Crippen LogP contribution in [0.1, 0.15) is 12.8 Å². The van der Waals surface area contributed by atoms with Gasteiger partial charge in [-0.25, -0.2) is 0 Å². The zero-order valence-corrected chi connectivity index (χ0v) is 8.22. The summed E-state index contributed by atoms with van der Waals surface area (Å²) in [5.41, 5.74) is 0. The summed E-state index contributed by atoms with van der Waals surface area (Å²) in [6, 6.07) is 0. The Morgan fingerprint density at radius 3 is 2.17 bits per heavy atom. The molecule has 0 aliphatic rings. The molecular weight excluding hydrogens is 199 g/mol. The lowest BCUT2D eigenvalue weighted by atomic mass is 10.2. The van der Waals surface area contributed by atoms with Crippen molar-refractivity contribution in [2.75, 3.05) is 0 Å². The van der Waals surface area contributed by atoms with Crippen LogP contribution >= 0.6 is 19.9 Å². The zero-order valence-electron chi connectivity index (χ0n) is 6.57. The number of alkyl halides is 1. The van der Waals surface area contributed by atoms with E-state index in [2.05, 4.69) is 17.7 Å². The van der Waals surface area contributed by atoms with Crippen molar-refractivity contribution in [2.45, 2.75) is 17.9 Å². The summed E-state index contributed by atoms with van der Waals surface area (Å²) in [4.78, 5) is 8.48. The molecule has 5 heteroatoms. The minimum absolute atomic E-state index is 0.294. The second kappa shape index (κ2) is 5.44. The van der Waals surface area contributed by atoms with E-state index in [1.165, 1.54) is 12.2 Å². The van der Waals surface area contributed by atoms with Crippen molar-refractivity contribution in [3.63, 3.8) is 0 Å². The maximum Gasteiger partial charge on any atom is 0.696 e. The monoisotopic (exact) mass is 209 g/mol. The second-order valence-corrected chi connectivity index (χ2v) is 3.54. The van der Waals surface area contributed by atoms with Crippen LogP contribution in [0.5, 0.6) is 0 Å². The standard InChI is InChI=1S/C7H10ClO3P/c1-3-5-7(8,6-4-2)11-12(9)10/h3-4H,1-2,5-6H2/p+1. The molecule has 0 saturated carbocycles. The van der Waals surface area contributed by atoms with Crippen molar-refractivity contribution in [1.82, 2.24) is 0 Å². The molecule has 1 N–H and O–H groups in total. The first-order valence-corrected chi connectivity index (χ1v) is 4.81. The lowest BCUT2D eigenvalue weighted by molar-refractivity contribution is 0.154. The molecule has 12 heavy (non-hydrogen) atoms. The van der Waals surface area contributed by atoms with Crippen LogP contribution in [0.25, 0.3) is 0 Å². The number of hydrogen-bond donors (Lipinski definition) is 1. The van der Waals surface area contributed by atoms with Gasteiger partial charge < -0.3 is 0 Å². The maximum absolute atomic E-state index is 10.3. The fourth-order valence-corrected chi connectivity index (χ4v) is 1.55. The molecular formula is C7H11ClO3P+. The summed E-state index contributed by atoms with van der Waals surface area (Å²) >= 11 is 5.83. The lowest BCUT2D eigenvalue weighted by Gasteiger charge is -2.15. The van der Waals surface area contributed by atoms with Gasteiger partial charge in [0.25, 0.3) is 0 Å². The van der Waals surface area contributed by atoms with E-state index in [-0.39, 0.29) is 0 Å². The largest absolute Gasteiger partial charge is 0.696 e.